The molecule has 26 heavy (non-hydrogen) atoms. The molecule has 0 spiro atoms. The van der Waals surface area contributed by atoms with E-state index in [1.54, 1.807) is 19.1 Å². The van der Waals surface area contributed by atoms with Gasteiger partial charge in [-0.1, -0.05) is 29.9 Å². The van der Waals surface area contributed by atoms with Crippen molar-refractivity contribution < 1.29 is 10.0 Å². The van der Waals surface area contributed by atoms with E-state index >= 15 is 0 Å². The van der Waals surface area contributed by atoms with Crippen molar-refractivity contribution in [3.8, 4) is 5.88 Å². The van der Waals surface area contributed by atoms with Crippen LogP contribution in [0.3, 0.4) is 0 Å². The fourth-order valence-electron chi connectivity index (χ4n) is 3.51. The molecule has 4 rings (SSSR count). The number of likely N-dealkylation sites (tertiary alicyclic amines) is 1. The number of nitrogens with zero attached hydrogens (tertiary/aromatic N) is 5. The number of hydrogen-bond donors (Lipinski definition) is 1. The average Bonchev–Trinajstić information content (AvgIpc) is 3.14. The van der Waals surface area contributed by atoms with Gasteiger partial charge in [-0.05, 0) is 38.4 Å². The zero-order chi connectivity index (χ0) is 18.3. The number of aromatic nitrogens is 3. The minimum atomic E-state index is -0.400. The Balaban J connectivity index is 1.80. The lowest BCUT2D eigenvalue weighted by molar-refractivity contribution is -0.384. The van der Waals surface area contributed by atoms with E-state index in [0.29, 0.717) is 10.8 Å². The van der Waals surface area contributed by atoms with Crippen LogP contribution in [0.2, 0.25) is 0 Å². The summed E-state index contributed by atoms with van der Waals surface area (Å²) in [5, 5.41) is 26.0. The fraction of sp³-hybridized carbons (Fsp3) is 0.412. The molecule has 1 N–H and O–H groups in total. The fourth-order valence-corrected chi connectivity index (χ4v) is 4.67. The number of nitro benzene ring substituents is 1. The van der Waals surface area contributed by atoms with Crippen LogP contribution in [0.25, 0.3) is 4.96 Å². The standard InChI is InChI=1S/C17H19N5O3S/c1-11-18-17-21(19-11)16(23)15(26-17)14(20-9-3-2-4-10-20)12-5-7-13(8-6-12)22(24)25/h5-8,14,23H,2-4,9-10H2,1H3/t14-/m1/s1. The van der Waals surface area contributed by atoms with Gasteiger partial charge in [-0.3, -0.25) is 15.0 Å². The number of hydrogen-bond acceptors (Lipinski definition) is 7. The molecular formula is C17H19N5O3S. The molecule has 136 valence electrons. The SMILES string of the molecule is Cc1nc2sc([C@@H](c3ccc([N+](=O)[O-])cc3)N3CCCCC3)c(O)n2n1. The summed E-state index contributed by atoms with van der Waals surface area (Å²) in [5.74, 6) is 0.711. The van der Waals surface area contributed by atoms with Crippen LogP contribution in [0.1, 0.15) is 41.6 Å². The molecule has 0 amide bonds. The monoisotopic (exact) mass is 373 g/mol. The summed E-state index contributed by atoms with van der Waals surface area (Å²) in [6, 6.07) is 6.43. The van der Waals surface area contributed by atoms with Gasteiger partial charge in [0, 0.05) is 12.1 Å². The van der Waals surface area contributed by atoms with Crippen LogP contribution in [-0.4, -0.2) is 42.6 Å². The molecule has 3 aromatic rings. The predicted molar refractivity (Wildman–Crippen MR) is 97.6 cm³/mol. The second-order valence-corrected chi connectivity index (χ2v) is 7.50. The molecule has 1 aliphatic rings. The van der Waals surface area contributed by atoms with E-state index in [-0.39, 0.29) is 17.6 Å². The lowest BCUT2D eigenvalue weighted by Crippen LogP contribution is -2.34. The van der Waals surface area contributed by atoms with Gasteiger partial charge in [0.2, 0.25) is 10.8 Å². The predicted octanol–water partition coefficient (Wildman–Crippen LogP) is 3.29. The number of non-ortho nitro benzene ring substituents is 1. The molecule has 0 saturated carbocycles. The lowest BCUT2D eigenvalue weighted by Gasteiger charge is -2.34. The van der Waals surface area contributed by atoms with E-state index in [2.05, 4.69) is 15.0 Å². The topological polar surface area (TPSA) is 96.8 Å². The summed E-state index contributed by atoms with van der Waals surface area (Å²) in [6.07, 6.45) is 3.40. The van der Waals surface area contributed by atoms with Crippen LogP contribution >= 0.6 is 11.3 Å². The van der Waals surface area contributed by atoms with E-state index in [9.17, 15) is 15.2 Å². The Hall–Kier alpha value is -2.52. The van der Waals surface area contributed by atoms with Crippen molar-refractivity contribution in [3.05, 3.63) is 50.6 Å². The van der Waals surface area contributed by atoms with Crippen LogP contribution in [0.15, 0.2) is 24.3 Å². The highest BCUT2D eigenvalue weighted by Gasteiger charge is 2.30. The maximum atomic E-state index is 11.0. The normalized spacial score (nSPS) is 16.8. The van der Waals surface area contributed by atoms with Gasteiger partial charge in [-0.2, -0.15) is 4.52 Å². The molecule has 2 aromatic heterocycles. The number of thiazole rings is 1. The number of aryl methyl sites for hydroxylation is 1. The van der Waals surface area contributed by atoms with Crippen LogP contribution < -0.4 is 0 Å². The summed E-state index contributed by atoms with van der Waals surface area (Å²) in [5.41, 5.74) is 0.989. The number of benzene rings is 1. The first-order valence-electron chi connectivity index (χ1n) is 8.58. The first kappa shape index (κ1) is 16.9. The highest BCUT2D eigenvalue weighted by molar-refractivity contribution is 7.17. The van der Waals surface area contributed by atoms with Gasteiger partial charge in [0.25, 0.3) is 5.69 Å². The Labute approximate surface area is 153 Å². The van der Waals surface area contributed by atoms with Gasteiger partial charge in [0.05, 0.1) is 15.8 Å². The molecule has 0 aliphatic carbocycles. The highest BCUT2D eigenvalue weighted by Crippen LogP contribution is 2.41. The first-order valence-corrected chi connectivity index (χ1v) is 9.39. The Kier molecular flexibility index (Phi) is 4.33. The molecule has 8 nitrogen and oxygen atoms in total. The number of fused-ring (bicyclic) bond motifs is 1. The molecule has 0 bridgehead atoms. The van der Waals surface area contributed by atoms with Crippen molar-refractivity contribution >= 4 is 22.0 Å². The summed E-state index contributed by atoms with van der Waals surface area (Å²) in [4.78, 5) is 18.7. The van der Waals surface area contributed by atoms with Crippen molar-refractivity contribution in [2.45, 2.75) is 32.2 Å². The number of aromatic hydroxyl groups is 1. The molecule has 9 heteroatoms. The smallest absolute Gasteiger partial charge is 0.269 e. The van der Waals surface area contributed by atoms with Crippen molar-refractivity contribution in [1.82, 2.24) is 19.5 Å². The molecular weight excluding hydrogens is 354 g/mol. The van der Waals surface area contributed by atoms with Crippen molar-refractivity contribution in [2.75, 3.05) is 13.1 Å². The van der Waals surface area contributed by atoms with Gasteiger partial charge in [-0.15, -0.1) is 5.10 Å². The molecule has 0 unspecified atom stereocenters. The number of rotatable bonds is 4. The molecule has 0 radical (unpaired) electrons. The van der Waals surface area contributed by atoms with Crippen LogP contribution in [0, 0.1) is 17.0 Å². The average molecular weight is 373 g/mol. The largest absolute Gasteiger partial charge is 0.492 e. The van der Waals surface area contributed by atoms with Crippen LogP contribution in [0.5, 0.6) is 5.88 Å². The van der Waals surface area contributed by atoms with Gasteiger partial charge >= 0.3 is 0 Å². The van der Waals surface area contributed by atoms with Crippen LogP contribution in [-0.2, 0) is 0 Å². The Morgan fingerprint density at radius 1 is 1.23 bits per heavy atom. The second-order valence-electron chi connectivity index (χ2n) is 6.49. The second kappa shape index (κ2) is 6.65. The van der Waals surface area contributed by atoms with Crippen molar-refractivity contribution in [3.63, 3.8) is 0 Å². The van der Waals surface area contributed by atoms with Crippen molar-refractivity contribution in [2.24, 2.45) is 0 Å². The van der Waals surface area contributed by atoms with Gasteiger partial charge in [0.1, 0.15) is 5.82 Å². The van der Waals surface area contributed by atoms with Crippen LogP contribution in [0.4, 0.5) is 5.69 Å². The molecule has 1 saturated heterocycles. The van der Waals surface area contributed by atoms with E-state index < -0.39 is 4.92 Å². The third-order valence-electron chi connectivity index (χ3n) is 4.73. The first-order chi connectivity index (χ1) is 12.5. The van der Waals surface area contributed by atoms with Gasteiger partial charge in [0.15, 0.2) is 0 Å². The quantitative estimate of drug-likeness (QED) is 0.557. The maximum Gasteiger partial charge on any atom is 0.269 e. The Bertz CT molecular complexity index is 943. The van der Waals surface area contributed by atoms with E-state index in [4.69, 9.17) is 0 Å². The Morgan fingerprint density at radius 2 is 1.92 bits per heavy atom. The minimum Gasteiger partial charge on any atom is -0.492 e. The summed E-state index contributed by atoms with van der Waals surface area (Å²) in [6.45, 7) is 3.64. The third-order valence-corrected chi connectivity index (χ3v) is 5.80. The highest BCUT2D eigenvalue weighted by atomic mass is 32.1. The third kappa shape index (κ3) is 2.93. The van der Waals surface area contributed by atoms with Gasteiger partial charge < -0.3 is 5.11 Å². The lowest BCUT2D eigenvalue weighted by atomic mass is 10.00. The van der Waals surface area contributed by atoms with Crippen molar-refractivity contribution in [1.29, 1.82) is 0 Å². The Morgan fingerprint density at radius 3 is 2.54 bits per heavy atom. The molecule has 1 aliphatic heterocycles. The molecule has 3 heterocycles. The summed E-state index contributed by atoms with van der Waals surface area (Å²) >= 11 is 1.42. The molecule has 1 atom stereocenters. The van der Waals surface area contributed by atoms with E-state index in [1.807, 2.05) is 0 Å². The maximum absolute atomic E-state index is 11.0. The summed E-state index contributed by atoms with van der Waals surface area (Å²) < 4.78 is 1.47. The zero-order valence-corrected chi connectivity index (χ0v) is 15.1. The van der Waals surface area contributed by atoms with Gasteiger partial charge in [-0.25, -0.2) is 4.98 Å². The number of nitro groups is 1. The van der Waals surface area contributed by atoms with E-state index in [0.717, 1.165) is 36.4 Å². The number of piperidine rings is 1. The molecule has 1 aromatic carbocycles. The van der Waals surface area contributed by atoms with E-state index in [1.165, 1.54) is 34.4 Å². The summed E-state index contributed by atoms with van der Waals surface area (Å²) in [7, 11) is 0. The minimum absolute atomic E-state index is 0.0636. The molecule has 1 fully saturated rings. The zero-order valence-electron chi connectivity index (χ0n) is 14.3.